The third-order valence-corrected chi connectivity index (χ3v) is 3.35. The number of halogens is 1. The summed E-state index contributed by atoms with van der Waals surface area (Å²) in [5, 5.41) is 12.7. The highest BCUT2D eigenvalue weighted by Gasteiger charge is 2.12. The van der Waals surface area contributed by atoms with Crippen LogP contribution in [0.5, 0.6) is 5.75 Å². The van der Waals surface area contributed by atoms with Gasteiger partial charge in [0.15, 0.2) is 6.61 Å². The highest BCUT2D eigenvalue weighted by atomic mass is 35.5. The van der Waals surface area contributed by atoms with Crippen molar-refractivity contribution in [1.29, 1.82) is 0 Å². The molecule has 2 N–H and O–H groups in total. The van der Waals surface area contributed by atoms with Crippen LogP contribution in [0.25, 0.3) is 0 Å². The SMILES string of the molecule is O=C(COc1ccc(Cl)cc1)NC(CO)Cc1ccccc1. The first-order valence-electron chi connectivity index (χ1n) is 7.00. The monoisotopic (exact) mass is 319 g/mol. The van der Waals surface area contributed by atoms with Gasteiger partial charge in [-0.2, -0.15) is 0 Å². The van der Waals surface area contributed by atoms with E-state index in [1.165, 1.54) is 0 Å². The van der Waals surface area contributed by atoms with Crippen molar-refractivity contribution in [3.63, 3.8) is 0 Å². The lowest BCUT2D eigenvalue weighted by Crippen LogP contribution is -2.41. The van der Waals surface area contributed by atoms with Crippen LogP contribution < -0.4 is 10.1 Å². The van der Waals surface area contributed by atoms with Crippen molar-refractivity contribution < 1.29 is 14.6 Å². The van der Waals surface area contributed by atoms with E-state index in [0.717, 1.165) is 5.56 Å². The highest BCUT2D eigenvalue weighted by molar-refractivity contribution is 6.30. The van der Waals surface area contributed by atoms with Crippen LogP contribution in [-0.2, 0) is 11.2 Å². The van der Waals surface area contributed by atoms with Crippen LogP contribution in [0.1, 0.15) is 5.56 Å². The molecule has 2 rings (SSSR count). The fraction of sp³-hybridized carbons (Fsp3) is 0.235. The summed E-state index contributed by atoms with van der Waals surface area (Å²) in [5.74, 6) is 0.299. The summed E-state index contributed by atoms with van der Waals surface area (Å²) in [7, 11) is 0. The van der Waals surface area contributed by atoms with Crippen molar-refractivity contribution >= 4 is 17.5 Å². The molecular weight excluding hydrogens is 302 g/mol. The number of benzene rings is 2. The van der Waals surface area contributed by atoms with Gasteiger partial charge in [0.2, 0.25) is 0 Å². The van der Waals surface area contributed by atoms with Gasteiger partial charge in [-0.25, -0.2) is 0 Å². The number of hydrogen-bond donors (Lipinski definition) is 2. The lowest BCUT2D eigenvalue weighted by atomic mass is 10.1. The number of ether oxygens (including phenoxy) is 1. The molecule has 0 radical (unpaired) electrons. The van der Waals surface area contributed by atoms with Gasteiger partial charge in [0.05, 0.1) is 12.6 Å². The average molecular weight is 320 g/mol. The number of aliphatic hydroxyl groups is 1. The number of rotatable bonds is 7. The molecule has 0 saturated heterocycles. The van der Waals surface area contributed by atoms with Crippen molar-refractivity contribution in [1.82, 2.24) is 5.32 Å². The highest BCUT2D eigenvalue weighted by Crippen LogP contribution is 2.15. The Bertz CT molecular complexity index is 587. The molecule has 0 bridgehead atoms. The fourth-order valence-corrected chi connectivity index (χ4v) is 2.13. The van der Waals surface area contributed by atoms with Gasteiger partial charge in [0, 0.05) is 5.02 Å². The predicted molar refractivity (Wildman–Crippen MR) is 86.1 cm³/mol. The van der Waals surface area contributed by atoms with Gasteiger partial charge < -0.3 is 15.2 Å². The second-order valence-electron chi connectivity index (χ2n) is 4.88. The van der Waals surface area contributed by atoms with Gasteiger partial charge >= 0.3 is 0 Å². The summed E-state index contributed by atoms with van der Waals surface area (Å²) in [6.07, 6.45) is 0.573. The number of amides is 1. The first-order valence-corrected chi connectivity index (χ1v) is 7.37. The maximum atomic E-state index is 11.9. The van der Waals surface area contributed by atoms with Crippen molar-refractivity contribution in [3.05, 3.63) is 65.2 Å². The van der Waals surface area contributed by atoms with Crippen LogP contribution in [0.4, 0.5) is 0 Å². The van der Waals surface area contributed by atoms with Crippen molar-refractivity contribution in [3.8, 4) is 5.75 Å². The zero-order valence-electron chi connectivity index (χ0n) is 12.0. The summed E-state index contributed by atoms with van der Waals surface area (Å²) in [5.41, 5.74) is 1.06. The average Bonchev–Trinajstić information content (AvgIpc) is 2.54. The van der Waals surface area contributed by atoms with Gasteiger partial charge in [-0.1, -0.05) is 41.9 Å². The Labute approximate surface area is 134 Å². The molecule has 1 unspecified atom stereocenters. The van der Waals surface area contributed by atoms with Gasteiger partial charge in [-0.3, -0.25) is 4.79 Å². The van der Waals surface area contributed by atoms with E-state index in [-0.39, 0.29) is 25.2 Å². The van der Waals surface area contributed by atoms with Gasteiger partial charge in [-0.15, -0.1) is 0 Å². The molecule has 1 amide bonds. The molecule has 0 spiro atoms. The Morgan fingerprint density at radius 2 is 1.82 bits per heavy atom. The Morgan fingerprint density at radius 3 is 2.45 bits per heavy atom. The third-order valence-electron chi connectivity index (χ3n) is 3.09. The molecule has 2 aromatic carbocycles. The normalized spacial score (nSPS) is 11.7. The fourth-order valence-electron chi connectivity index (χ4n) is 2.01. The minimum absolute atomic E-state index is 0.104. The number of nitrogens with one attached hydrogen (secondary N) is 1. The third kappa shape index (κ3) is 5.39. The molecule has 0 heterocycles. The lowest BCUT2D eigenvalue weighted by molar-refractivity contribution is -0.124. The van der Waals surface area contributed by atoms with Crippen molar-refractivity contribution in [2.24, 2.45) is 0 Å². The maximum Gasteiger partial charge on any atom is 0.258 e. The van der Waals surface area contributed by atoms with Crippen LogP contribution in [0, 0.1) is 0 Å². The summed E-state index contributed by atoms with van der Waals surface area (Å²) >= 11 is 5.78. The van der Waals surface area contributed by atoms with E-state index in [1.54, 1.807) is 24.3 Å². The van der Waals surface area contributed by atoms with Crippen LogP contribution >= 0.6 is 11.6 Å². The van der Waals surface area contributed by atoms with Crippen LogP contribution in [0.15, 0.2) is 54.6 Å². The molecule has 22 heavy (non-hydrogen) atoms. The predicted octanol–water partition coefficient (Wildman–Crippen LogP) is 2.44. The zero-order chi connectivity index (χ0) is 15.8. The van der Waals surface area contributed by atoms with E-state index in [0.29, 0.717) is 17.2 Å². The summed E-state index contributed by atoms with van der Waals surface area (Å²) in [6, 6.07) is 16.1. The summed E-state index contributed by atoms with van der Waals surface area (Å²) < 4.78 is 5.37. The molecule has 0 saturated carbocycles. The molecule has 0 aliphatic rings. The van der Waals surface area contributed by atoms with Gasteiger partial charge in [0.1, 0.15) is 5.75 Å². The number of aliphatic hydroxyl groups excluding tert-OH is 1. The summed E-state index contributed by atoms with van der Waals surface area (Å²) in [4.78, 5) is 11.9. The lowest BCUT2D eigenvalue weighted by Gasteiger charge is -2.16. The molecule has 1 atom stereocenters. The van der Waals surface area contributed by atoms with Crippen LogP contribution in [-0.4, -0.2) is 30.3 Å². The second-order valence-corrected chi connectivity index (χ2v) is 5.32. The van der Waals surface area contributed by atoms with E-state index in [9.17, 15) is 9.90 Å². The molecule has 116 valence electrons. The molecule has 0 aliphatic heterocycles. The van der Waals surface area contributed by atoms with E-state index in [1.807, 2.05) is 30.3 Å². The van der Waals surface area contributed by atoms with Crippen LogP contribution in [0.2, 0.25) is 5.02 Å². The minimum atomic E-state index is -0.330. The number of carbonyl (C=O) groups excluding carboxylic acids is 1. The number of carbonyl (C=O) groups is 1. The Kier molecular flexibility index (Phi) is 6.25. The van der Waals surface area contributed by atoms with Gasteiger partial charge in [-0.05, 0) is 36.2 Å². The standard InChI is InChI=1S/C17H18ClNO3/c18-14-6-8-16(9-7-14)22-12-17(21)19-15(11-20)10-13-4-2-1-3-5-13/h1-9,15,20H,10-12H2,(H,19,21). The molecule has 4 nitrogen and oxygen atoms in total. The largest absolute Gasteiger partial charge is 0.484 e. The van der Waals surface area contributed by atoms with Gasteiger partial charge in [0.25, 0.3) is 5.91 Å². The Balaban J connectivity index is 1.80. The number of hydrogen-bond acceptors (Lipinski definition) is 3. The van der Waals surface area contributed by atoms with E-state index < -0.39 is 0 Å². The second kappa shape index (κ2) is 8.41. The maximum absolute atomic E-state index is 11.9. The molecule has 0 aliphatic carbocycles. The summed E-state index contributed by atoms with van der Waals surface area (Å²) in [6.45, 7) is -0.228. The van der Waals surface area contributed by atoms with E-state index in [2.05, 4.69) is 5.32 Å². The quantitative estimate of drug-likeness (QED) is 0.824. The molecular formula is C17H18ClNO3. The minimum Gasteiger partial charge on any atom is -0.484 e. The smallest absolute Gasteiger partial charge is 0.258 e. The first-order chi connectivity index (χ1) is 10.7. The topological polar surface area (TPSA) is 58.6 Å². The van der Waals surface area contributed by atoms with Crippen LogP contribution in [0.3, 0.4) is 0 Å². The van der Waals surface area contributed by atoms with Crippen molar-refractivity contribution in [2.45, 2.75) is 12.5 Å². The molecule has 0 aromatic heterocycles. The first kappa shape index (κ1) is 16.3. The Hall–Kier alpha value is -2.04. The molecule has 0 fully saturated rings. The Morgan fingerprint density at radius 1 is 1.14 bits per heavy atom. The molecule has 2 aromatic rings. The van der Waals surface area contributed by atoms with E-state index in [4.69, 9.17) is 16.3 Å². The van der Waals surface area contributed by atoms with E-state index >= 15 is 0 Å². The van der Waals surface area contributed by atoms with Crippen molar-refractivity contribution in [2.75, 3.05) is 13.2 Å². The molecule has 5 heteroatoms. The zero-order valence-corrected chi connectivity index (χ0v) is 12.8.